The normalized spacial score (nSPS) is 10.0. The van der Waals surface area contributed by atoms with Crippen LogP contribution in [0.25, 0.3) is 0 Å². The highest BCUT2D eigenvalue weighted by atomic mass is 16.5. The maximum atomic E-state index is 5.60. The van der Waals surface area contributed by atoms with Crippen LogP contribution in [-0.2, 0) is 0 Å². The second-order valence-corrected chi connectivity index (χ2v) is 3.92. The van der Waals surface area contributed by atoms with Gasteiger partial charge in [0.05, 0.1) is 12.3 Å². The molecule has 0 saturated heterocycles. The van der Waals surface area contributed by atoms with Gasteiger partial charge in [-0.2, -0.15) is 0 Å². The molecule has 2 rings (SSSR count). The van der Waals surface area contributed by atoms with Crippen LogP contribution in [0.2, 0.25) is 0 Å². The van der Waals surface area contributed by atoms with Gasteiger partial charge in [-0.15, -0.1) is 0 Å². The summed E-state index contributed by atoms with van der Waals surface area (Å²) in [6, 6.07) is 16.3. The maximum absolute atomic E-state index is 5.60. The Bertz CT molecular complexity index is 480. The lowest BCUT2D eigenvalue weighted by Gasteiger charge is -2.13. The second-order valence-electron chi connectivity index (χ2n) is 3.92. The Labute approximate surface area is 102 Å². The number of para-hydroxylation sites is 1. The highest BCUT2D eigenvalue weighted by Crippen LogP contribution is 2.28. The molecule has 17 heavy (non-hydrogen) atoms. The predicted octanol–water partition coefficient (Wildman–Crippen LogP) is 4.14. The number of benzene rings is 2. The van der Waals surface area contributed by atoms with Crippen LogP contribution in [0.5, 0.6) is 5.75 Å². The zero-order valence-corrected chi connectivity index (χ0v) is 10.2. The highest BCUT2D eigenvalue weighted by molar-refractivity contribution is 5.66. The molecular formula is C15H17NO. The Balaban J connectivity index is 2.27. The summed E-state index contributed by atoms with van der Waals surface area (Å²) in [4.78, 5) is 0. The first-order chi connectivity index (χ1) is 8.29. The van der Waals surface area contributed by atoms with Gasteiger partial charge in [0.2, 0.25) is 0 Å². The number of hydrogen-bond acceptors (Lipinski definition) is 2. The third-order valence-corrected chi connectivity index (χ3v) is 2.49. The molecule has 88 valence electrons. The van der Waals surface area contributed by atoms with Gasteiger partial charge in [0, 0.05) is 5.69 Å². The monoisotopic (exact) mass is 227 g/mol. The standard InChI is InChI=1S/C15H17NO/c1-3-17-15-10-9-12(2)11-14(15)16-13-7-5-4-6-8-13/h4-11,16H,3H2,1-2H3. The summed E-state index contributed by atoms with van der Waals surface area (Å²) < 4.78 is 5.60. The van der Waals surface area contributed by atoms with Crippen molar-refractivity contribution in [1.82, 2.24) is 0 Å². The molecule has 2 aromatic carbocycles. The molecule has 0 aromatic heterocycles. The molecule has 0 fully saturated rings. The summed E-state index contributed by atoms with van der Waals surface area (Å²) in [5.74, 6) is 0.891. The molecule has 0 heterocycles. The summed E-state index contributed by atoms with van der Waals surface area (Å²) in [6.07, 6.45) is 0. The molecule has 0 saturated carbocycles. The Morgan fingerprint density at radius 1 is 1.06 bits per heavy atom. The zero-order valence-electron chi connectivity index (χ0n) is 10.2. The van der Waals surface area contributed by atoms with Crippen molar-refractivity contribution in [1.29, 1.82) is 0 Å². The molecule has 1 N–H and O–H groups in total. The molecule has 0 bridgehead atoms. The number of anilines is 2. The summed E-state index contributed by atoms with van der Waals surface area (Å²) in [5, 5.41) is 3.37. The first-order valence-electron chi connectivity index (χ1n) is 5.85. The number of nitrogens with one attached hydrogen (secondary N) is 1. The van der Waals surface area contributed by atoms with Gasteiger partial charge in [-0.25, -0.2) is 0 Å². The number of rotatable bonds is 4. The molecule has 0 atom stereocenters. The van der Waals surface area contributed by atoms with Gasteiger partial charge < -0.3 is 10.1 Å². The third-order valence-electron chi connectivity index (χ3n) is 2.49. The summed E-state index contributed by atoms with van der Waals surface area (Å²) in [6.45, 7) is 4.74. The van der Waals surface area contributed by atoms with E-state index < -0.39 is 0 Å². The minimum atomic E-state index is 0.673. The van der Waals surface area contributed by atoms with E-state index in [9.17, 15) is 0 Å². The van der Waals surface area contributed by atoms with E-state index in [4.69, 9.17) is 4.74 Å². The van der Waals surface area contributed by atoms with E-state index >= 15 is 0 Å². The van der Waals surface area contributed by atoms with Crippen LogP contribution in [0, 0.1) is 6.92 Å². The molecule has 0 aliphatic rings. The Kier molecular flexibility index (Phi) is 3.66. The summed E-state index contributed by atoms with van der Waals surface area (Å²) >= 11 is 0. The molecule has 0 radical (unpaired) electrons. The Morgan fingerprint density at radius 3 is 2.53 bits per heavy atom. The van der Waals surface area contributed by atoms with E-state index in [0.717, 1.165) is 17.1 Å². The van der Waals surface area contributed by atoms with E-state index in [0.29, 0.717) is 6.61 Å². The topological polar surface area (TPSA) is 21.3 Å². The zero-order chi connectivity index (χ0) is 12.1. The van der Waals surface area contributed by atoms with Crippen molar-refractivity contribution in [3.8, 4) is 5.75 Å². The lowest BCUT2D eigenvalue weighted by atomic mass is 10.2. The van der Waals surface area contributed by atoms with E-state index in [2.05, 4.69) is 24.4 Å². The number of ether oxygens (including phenoxy) is 1. The second kappa shape index (κ2) is 5.39. The largest absolute Gasteiger partial charge is 0.492 e. The molecule has 0 aliphatic carbocycles. The minimum Gasteiger partial charge on any atom is -0.492 e. The van der Waals surface area contributed by atoms with Crippen LogP contribution >= 0.6 is 0 Å². The molecule has 2 heteroatoms. The molecule has 0 amide bonds. The molecule has 2 nitrogen and oxygen atoms in total. The van der Waals surface area contributed by atoms with Crippen LogP contribution in [0.3, 0.4) is 0 Å². The first kappa shape index (κ1) is 11.5. The molecule has 0 spiro atoms. The van der Waals surface area contributed by atoms with Gasteiger partial charge in [0.25, 0.3) is 0 Å². The molecular weight excluding hydrogens is 210 g/mol. The smallest absolute Gasteiger partial charge is 0.142 e. The third kappa shape index (κ3) is 3.00. The van der Waals surface area contributed by atoms with Crippen molar-refractivity contribution >= 4 is 11.4 Å². The van der Waals surface area contributed by atoms with Crippen LogP contribution in [0.4, 0.5) is 11.4 Å². The molecule has 0 unspecified atom stereocenters. The molecule has 2 aromatic rings. The van der Waals surface area contributed by atoms with Crippen molar-refractivity contribution in [2.75, 3.05) is 11.9 Å². The first-order valence-corrected chi connectivity index (χ1v) is 5.85. The number of aryl methyl sites for hydroxylation is 1. The maximum Gasteiger partial charge on any atom is 0.142 e. The van der Waals surface area contributed by atoms with Gasteiger partial charge >= 0.3 is 0 Å². The Hall–Kier alpha value is -1.96. The van der Waals surface area contributed by atoms with Crippen molar-refractivity contribution in [3.05, 3.63) is 54.1 Å². The predicted molar refractivity (Wildman–Crippen MR) is 72.1 cm³/mol. The summed E-state index contributed by atoms with van der Waals surface area (Å²) in [7, 11) is 0. The summed E-state index contributed by atoms with van der Waals surface area (Å²) in [5.41, 5.74) is 3.30. The van der Waals surface area contributed by atoms with Crippen molar-refractivity contribution < 1.29 is 4.74 Å². The van der Waals surface area contributed by atoms with Gasteiger partial charge in [-0.3, -0.25) is 0 Å². The van der Waals surface area contributed by atoms with E-state index in [-0.39, 0.29) is 0 Å². The quantitative estimate of drug-likeness (QED) is 0.847. The van der Waals surface area contributed by atoms with Crippen LogP contribution < -0.4 is 10.1 Å². The van der Waals surface area contributed by atoms with Gasteiger partial charge in [0.1, 0.15) is 5.75 Å². The highest BCUT2D eigenvalue weighted by Gasteiger charge is 2.03. The Morgan fingerprint density at radius 2 is 1.82 bits per heavy atom. The SMILES string of the molecule is CCOc1ccc(C)cc1Nc1ccccc1. The van der Waals surface area contributed by atoms with E-state index in [1.165, 1.54) is 5.56 Å². The van der Waals surface area contributed by atoms with Crippen LogP contribution in [0.1, 0.15) is 12.5 Å². The van der Waals surface area contributed by atoms with E-state index in [1.807, 2.05) is 43.3 Å². The van der Waals surface area contributed by atoms with Gasteiger partial charge in [-0.1, -0.05) is 24.3 Å². The fourth-order valence-electron chi connectivity index (χ4n) is 1.70. The van der Waals surface area contributed by atoms with Crippen molar-refractivity contribution in [2.45, 2.75) is 13.8 Å². The van der Waals surface area contributed by atoms with Crippen molar-refractivity contribution in [2.24, 2.45) is 0 Å². The van der Waals surface area contributed by atoms with Crippen molar-refractivity contribution in [3.63, 3.8) is 0 Å². The lowest BCUT2D eigenvalue weighted by Crippen LogP contribution is -1.98. The minimum absolute atomic E-state index is 0.673. The van der Waals surface area contributed by atoms with Crippen LogP contribution in [-0.4, -0.2) is 6.61 Å². The lowest BCUT2D eigenvalue weighted by molar-refractivity contribution is 0.342. The number of hydrogen-bond donors (Lipinski definition) is 1. The van der Waals surface area contributed by atoms with Crippen LogP contribution in [0.15, 0.2) is 48.5 Å². The molecule has 0 aliphatic heterocycles. The van der Waals surface area contributed by atoms with Gasteiger partial charge in [0.15, 0.2) is 0 Å². The average Bonchev–Trinajstić information content (AvgIpc) is 2.34. The average molecular weight is 227 g/mol. The fourth-order valence-corrected chi connectivity index (χ4v) is 1.70. The van der Waals surface area contributed by atoms with Gasteiger partial charge in [-0.05, 0) is 43.7 Å². The van der Waals surface area contributed by atoms with E-state index in [1.54, 1.807) is 0 Å². The fraction of sp³-hybridized carbons (Fsp3) is 0.200.